The van der Waals surface area contributed by atoms with E-state index in [-0.39, 0.29) is 31.1 Å². The third-order valence-corrected chi connectivity index (χ3v) is 9.74. The van der Waals surface area contributed by atoms with Crippen molar-refractivity contribution in [2.24, 2.45) is 0 Å². The zero-order chi connectivity index (χ0) is 35.8. The summed E-state index contributed by atoms with van der Waals surface area (Å²) < 4.78 is 13.3. The number of carboxylic acids is 1. The number of aliphatic carboxylic acids is 1. The summed E-state index contributed by atoms with van der Waals surface area (Å²) in [5, 5.41) is 21.4. The maximum atomic E-state index is 12.5. The molecule has 0 aliphatic carbocycles. The predicted octanol–water partition coefficient (Wildman–Crippen LogP) is 10.1. The number of unbranched alkanes of at least 4 members (excludes halogenated alkanes) is 13. The lowest BCUT2D eigenvalue weighted by Gasteiger charge is -2.38. The summed E-state index contributed by atoms with van der Waals surface area (Å²) in [6.45, 7) is 7.62. The number of ether oxygens (including phenoxy) is 2. The van der Waals surface area contributed by atoms with Crippen molar-refractivity contribution < 1.29 is 29.3 Å². The lowest BCUT2D eigenvalue weighted by molar-refractivity contribution is -0.253. The molecule has 2 aromatic carbocycles. The van der Waals surface area contributed by atoms with Crippen LogP contribution >= 0.6 is 0 Å². The molecule has 8 nitrogen and oxygen atoms in total. The molecule has 3 atom stereocenters. The predicted molar refractivity (Wildman–Crippen MR) is 202 cm³/mol. The fraction of sp³-hybridized carbons (Fsp3) is 0.667. The van der Waals surface area contributed by atoms with Gasteiger partial charge in [-0.3, -0.25) is 9.59 Å². The van der Waals surface area contributed by atoms with E-state index in [0.29, 0.717) is 12.8 Å². The number of carboxylic acid groups (broad SMARTS) is 1. The number of hydrogen-bond acceptors (Lipinski definition) is 6. The molecule has 0 bridgehead atoms. The van der Waals surface area contributed by atoms with E-state index in [1.807, 2.05) is 36.4 Å². The molecular formula is C42H66N2O6. The molecule has 0 aromatic heterocycles. The highest BCUT2D eigenvalue weighted by Gasteiger charge is 2.33. The number of carbonyl (C=O) groups is 2. The Labute approximate surface area is 302 Å². The maximum absolute atomic E-state index is 12.5. The van der Waals surface area contributed by atoms with Gasteiger partial charge in [-0.25, -0.2) is 0 Å². The van der Waals surface area contributed by atoms with E-state index in [4.69, 9.17) is 14.6 Å². The molecule has 0 saturated carbocycles. The maximum Gasteiger partial charge on any atom is 0.303 e. The number of carbonyl (C=O) groups excluding carboxylic acids is 1. The Hall–Kier alpha value is -2.78. The van der Waals surface area contributed by atoms with Crippen LogP contribution in [0.2, 0.25) is 0 Å². The SMILES string of the molecule is CCCCCCCCN(CCCCCCCC)CC1CC(c2ccc(CO)cc2)OC(c2ccc(NC(=O)CCCCCCC(=O)O)cc2)O1. The zero-order valence-electron chi connectivity index (χ0n) is 31.1. The third kappa shape index (κ3) is 17.0. The van der Waals surface area contributed by atoms with Crippen LogP contribution in [0.4, 0.5) is 5.69 Å². The average molecular weight is 695 g/mol. The van der Waals surface area contributed by atoms with Gasteiger partial charge < -0.3 is 29.9 Å². The van der Waals surface area contributed by atoms with Crippen molar-refractivity contribution in [1.82, 2.24) is 4.90 Å². The first-order valence-corrected chi connectivity index (χ1v) is 19.8. The Balaban J connectivity index is 1.64. The fourth-order valence-corrected chi connectivity index (χ4v) is 6.71. The molecule has 1 aliphatic rings. The lowest BCUT2D eigenvalue weighted by Crippen LogP contribution is -2.40. The molecule has 280 valence electrons. The van der Waals surface area contributed by atoms with E-state index in [2.05, 4.69) is 36.2 Å². The number of rotatable bonds is 27. The molecule has 3 unspecified atom stereocenters. The van der Waals surface area contributed by atoms with E-state index >= 15 is 0 Å². The van der Waals surface area contributed by atoms with Gasteiger partial charge in [-0.2, -0.15) is 0 Å². The van der Waals surface area contributed by atoms with E-state index in [1.165, 1.54) is 77.0 Å². The van der Waals surface area contributed by atoms with E-state index in [0.717, 1.165) is 67.7 Å². The van der Waals surface area contributed by atoms with Crippen LogP contribution in [-0.2, 0) is 25.7 Å². The van der Waals surface area contributed by atoms with Gasteiger partial charge in [0.15, 0.2) is 6.29 Å². The number of amides is 1. The Bertz CT molecular complexity index is 1170. The van der Waals surface area contributed by atoms with Crippen LogP contribution in [0, 0.1) is 0 Å². The Kier molecular flexibility index (Phi) is 21.0. The van der Waals surface area contributed by atoms with E-state index < -0.39 is 12.3 Å². The Morgan fingerprint density at radius 3 is 1.82 bits per heavy atom. The van der Waals surface area contributed by atoms with Crippen LogP contribution in [0.15, 0.2) is 48.5 Å². The molecular weight excluding hydrogens is 628 g/mol. The highest BCUT2D eigenvalue weighted by molar-refractivity contribution is 5.90. The van der Waals surface area contributed by atoms with E-state index in [1.54, 1.807) is 0 Å². The minimum atomic E-state index is -0.771. The fourth-order valence-electron chi connectivity index (χ4n) is 6.71. The first kappa shape index (κ1) is 41.6. The number of hydrogen-bond donors (Lipinski definition) is 3. The number of aliphatic hydroxyl groups excluding tert-OH is 1. The van der Waals surface area contributed by atoms with Crippen molar-refractivity contribution in [2.45, 2.75) is 161 Å². The van der Waals surface area contributed by atoms with Crippen LogP contribution in [0.3, 0.4) is 0 Å². The average Bonchev–Trinajstić information content (AvgIpc) is 3.12. The molecule has 0 spiro atoms. The van der Waals surface area contributed by atoms with Gasteiger partial charge in [0.1, 0.15) is 0 Å². The Morgan fingerprint density at radius 2 is 1.24 bits per heavy atom. The highest BCUT2D eigenvalue weighted by atomic mass is 16.7. The first-order valence-electron chi connectivity index (χ1n) is 19.8. The van der Waals surface area contributed by atoms with Crippen molar-refractivity contribution in [3.05, 3.63) is 65.2 Å². The van der Waals surface area contributed by atoms with Crippen molar-refractivity contribution in [1.29, 1.82) is 0 Å². The summed E-state index contributed by atoms with van der Waals surface area (Å²) in [5.74, 6) is -0.810. The third-order valence-electron chi connectivity index (χ3n) is 9.74. The number of anilines is 1. The normalized spacial score (nSPS) is 17.6. The molecule has 3 rings (SSSR count). The van der Waals surface area contributed by atoms with Gasteiger partial charge in [0.05, 0.1) is 18.8 Å². The molecule has 1 aliphatic heterocycles. The molecule has 8 heteroatoms. The molecule has 0 radical (unpaired) electrons. The number of nitrogens with one attached hydrogen (secondary N) is 1. The molecule has 1 saturated heterocycles. The second-order valence-electron chi connectivity index (χ2n) is 14.2. The highest BCUT2D eigenvalue weighted by Crippen LogP contribution is 2.38. The molecule has 2 aromatic rings. The summed E-state index contributed by atoms with van der Waals surface area (Å²) in [4.78, 5) is 25.8. The quantitative estimate of drug-likeness (QED) is 0.0799. The second-order valence-corrected chi connectivity index (χ2v) is 14.2. The summed E-state index contributed by atoms with van der Waals surface area (Å²) >= 11 is 0. The Morgan fingerprint density at radius 1 is 0.700 bits per heavy atom. The van der Waals surface area contributed by atoms with Crippen molar-refractivity contribution in [3.63, 3.8) is 0 Å². The number of nitrogens with zero attached hydrogens (tertiary/aromatic N) is 1. The number of aliphatic hydroxyl groups is 1. The number of benzene rings is 2. The smallest absolute Gasteiger partial charge is 0.303 e. The summed E-state index contributed by atoms with van der Waals surface area (Å²) in [6.07, 6.45) is 19.2. The van der Waals surface area contributed by atoms with Crippen LogP contribution in [0.5, 0.6) is 0 Å². The summed E-state index contributed by atoms with van der Waals surface area (Å²) in [7, 11) is 0. The minimum absolute atomic E-state index is 0.00586. The molecule has 50 heavy (non-hydrogen) atoms. The van der Waals surface area contributed by atoms with E-state index in [9.17, 15) is 14.7 Å². The van der Waals surface area contributed by atoms with Gasteiger partial charge in [0.25, 0.3) is 0 Å². The van der Waals surface area contributed by atoms with Crippen molar-refractivity contribution >= 4 is 17.6 Å². The van der Waals surface area contributed by atoms with Crippen molar-refractivity contribution in [3.8, 4) is 0 Å². The van der Waals surface area contributed by atoms with Crippen LogP contribution in [0.1, 0.15) is 165 Å². The zero-order valence-corrected chi connectivity index (χ0v) is 31.1. The molecule has 1 fully saturated rings. The minimum Gasteiger partial charge on any atom is -0.481 e. The lowest BCUT2D eigenvalue weighted by atomic mass is 9.99. The van der Waals surface area contributed by atoms with Gasteiger partial charge in [-0.15, -0.1) is 0 Å². The monoisotopic (exact) mass is 694 g/mol. The summed E-state index contributed by atoms with van der Waals surface area (Å²) in [6, 6.07) is 15.8. The van der Waals surface area contributed by atoms with Gasteiger partial charge in [0, 0.05) is 37.1 Å². The standard InChI is InChI=1S/C42H66N2O6/c1-3-5-7-9-13-17-29-44(30-18-14-10-8-6-4-2)32-38-31-39(35-23-21-34(33-45)22-24-35)50-42(49-38)36-25-27-37(28-26-36)43-40(46)19-15-11-12-16-20-41(47)48/h21-28,38-39,42,45H,3-20,29-33H2,1-2H3,(H,43,46)(H,47,48). The van der Waals surface area contributed by atoms with Crippen LogP contribution in [-0.4, -0.2) is 52.7 Å². The second kappa shape index (κ2) is 25.2. The topological polar surface area (TPSA) is 108 Å². The molecule has 3 N–H and O–H groups in total. The van der Waals surface area contributed by atoms with Gasteiger partial charge in [-0.05, 0) is 62.0 Å². The van der Waals surface area contributed by atoms with Crippen molar-refractivity contribution in [2.75, 3.05) is 25.0 Å². The van der Waals surface area contributed by atoms with Gasteiger partial charge >= 0.3 is 5.97 Å². The van der Waals surface area contributed by atoms with Gasteiger partial charge in [0.2, 0.25) is 5.91 Å². The summed E-state index contributed by atoms with van der Waals surface area (Å²) in [5.41, 5.74) is 3.62. The first-order chi connectivity index (χ1) is 24.4. The van der Waals surface area contributed by atoms with Crippen LogP contribution in [0.25, 0.3) is 0 Å². The van der Waals surface area contributed by atoms with Crippen LogP contribution < -0.4 is 5.32 Å². The largest absolute Gasteiger partial charge is 0.481 e. The molecule has 1 amide bonds. The van der Waals surface area contributed by atoms with Gasteiger partial charge in [-0.1, -0.05) is 127 Å². The molecule has 1 heterocycles.